The van der Waals surface area contributed by atoms with Crippen LogP contribution in [0.5, 0.6) is 0 Å². The average Bonchev–Trinajstić information content (AvgIpc) is 2.88. The van der Waals surface area contributed by atoms with Crippen LogP contribution in [-0.2, 0) is 12.8 Å². The highest BCUT2D eigenvalue weighted by Crippen LogP contribution is 2.24. The van der Waals surface area contributed by atoms with Crippen LogP contribution in [0.1, 0.15) is 42.0 Å². The van der Waals surface area contributed by atoms with Crippen LogP contribution in [-0.4, -0.2) is 0 Å². The number of rotatable bonds is 7. The molecule has 4 aromatic rings. The Morgan fingerprint density at radius 2 is 1.44 bits per heavy atom. The van der Waals surface area contributed by atoms with Crippen LogP contribution in [0.25, 0.3) is 21.9 Å². The van der Waals surface area contributed by atoms with E-state index in [-0.39, 0.29) is 5.82 Å². The third-order valence-corrected chi connectivity index (χ3v) is 6.00. The minimum atomic E-state index is -0.258. The van der Waals surface area contributed by atoms with E-state index in [1.807, 2.05) is 42.5 Å². The van der Waals surface area contributed by atoms with Crippen LogP contribution in [0, 0.1) is 17.7 Å². The van der Waals surface area contributed by atoms with Gasteiger partial charge in [-0.2, -0.15) is 0 Å². The molecule has 0 nitrogen and oxygen atoms in total. The molecule has 4 rings (SSSR count). The molecule has 0 atom stereocenters. The Hall–Kier alpha value is -3.89. The van der Waals surface area contributed by atoms with E-state index in [1.54, 1.807) is 6.07 Å². The molecule has 0 N–H and O–H groups in total. The molecular formula is C33H29F. The standard InChI is InChI=1S/C33H29F/c1-3-5-7-9-25-10-16-28(17-11-25)29-18-12-26(13-19-29)14-20-30-21-22-31-24-27(8-6-4-2)15-23-32(31)33(30)34/h3-5,10-13,15-19,21-24H,2,6-9H2,1H3/b5-3+. The molecule has 0 saturated carbocycles. The van der Waals surface area contributed by atoms with Crippen LogP contribution in [0.4, 0.5) is 4.39 Å². The van der Waals surface area contributed by atoms with E-state index in [1.165, 1.54) is 16.7 Å². The summed E-state index contributed by atoms with van der Waals surface area (Å²) in [5.74, 6) is 5.87. The fraction of sp³-hybridized carbons (Fsp3) is 0.152. The number of hydrogen-bond donors (Lipinski definition) is 0. The predicted molar refractivity (Wildman–Crippen MR) is 143 cm³/mol. The quantitative estimate of drug-likeness (QED) is 0.198. The summed E-state index contributed by atoms with van der Waals surface area (Å²) in [6, 6.07) is 26.5. The Kier molecular flexibility index (Phi) is 7.74. The van der Waals surface area contributed by atoms with E-state index in [0.717, 1.165) is 42.2 Å². The van der Waals surface area contributed by atoms with Crippen LogP contribution in [0.3, 0.4) is 0 Å². The molecule has 0 radical (unpaired) electrons. The Labute approximate surface area is 202 Å². The van der Waals surface area contributed by atoms with Gasteiger partial charge in [-0.25, -0.2) is 4.39 Å². The third-order valence-electron chi connectivity index (χ3n) is 6.00. The second-order valence-electron chi connectivity index (χ2n) is 8.44. The van der Waals surface area contributed by atoms with Crippen molar-refractivity contribution in [3.63, 3.8) is 0 Å². The van der Waals surface area contributed by atoms with E-state index >= 15 is 4.39 Å². The molecule has 0 amide bonds. The molecule has 0 aliphatic heterocycles. The minimum Gasteiger partial charge on any atom is -0.205 e. The Balaban J connectivity index is 1.49. The lowest BCUT2D eigenvalue weighted by molar-refractivity contribution is 0.636. The fourth-order valence-corrected chi connectivity index (χ4v) is 4.03. The first-order valence-electron chi connectivity index (χ1n) is 11.8. The van der Waals surface area contributed by atoms with Gasteiger partial charge in [0.2, 0.25) is 0 Å². The number of aryl methyl sites for hydroxylation is 2. The Morgan fingerprint density at radius 1 is 0.765 bits per heavy atom. The molecule has 0 saturated heterocycles. The average molecular weight is 445 g/mol. The number of allylic oxidation sites excluding steroid dienone is 3. The van der Waals surface area contributed by atoms with Gasteiger partial charge < -0.3 is 0 Å². The molecule has 0 heterocycles. The monoisotopic (exact) mass is 444 g/mol. The lowest BCUT2D eigenvalue weighted by atomic mass is 10.0. The minimum absolute atomic E-state index is 0.258. The lowest BCUT2D eigenvalue weighted by Crippen LogP contribution is -1.89. The van der Waals surface area contributed by atoms with Gasteiger partial charge >= 0.3 is 0 Å². The van der Waals surface area contributed by atoms with Gasteiger partial charge in [-0.15, -0.1) is 6.58 Å². The van der Waals surface area contributed by atoms with Crippen molar-refractivity contribution in [3.05, 3.63) is 132 Å². The molecule has 0 spiro atoms. The van der Waals surface area contributed by atoms with Crippen molar-refractivity contribution >= 4 is 10.8 Å². The molecule has 4 aromatic carbocycles. The van der Waals surface area contributed by atoms with Gasteiger partial charge in [0.25, 0.3) is 0 Å². The van der Waals surface area contributed by atoms with Crippen molar-refractivity contribution < 1.29 is 4.39 Å². The fourth-order valence-electron chi connectivity index (χ4n) is 4.03. The van der Waals surface area contributed by atoms with Crippen molar-refractivity contribution in [3.8, 4) is 23.0 Å². The van der Waals surface area contributed by atoms with Gasteiger partial charge in [0.1, 0.15) is 5.82 Å². The van der Waals surface area contributed by atoms with E-state index in [9.17, 15) is 0 Å². The zero-order valence-electron chi connectivity index (χ0n) is 19.7. The molecular weight excluding hydrogens is 415 g/mol. The maximum atomic E-state index is 15.0. The van der Waals surface area contributed by atoms with Gasteiger partial charge in [0.05, 0.1) is 5.56 Å². The van der Waals surface area contributed by atoms with Crippen LogP contribution in [0.2, 0.25) is 0 Å². The predicted octanol–water partition coefficient (Wildman–Crippen LogP) is 8.67. The largest absolute Gasteiger partial charge is 0.205 e. The van der Waals surface area contributed by atoms with Crippen molar-refractivity contribution in [2.75, 3.05) is 0 Å². The molecule has 0 bridgehead atoms. The molecule has 0 aliphatic carbocycles. The summed E-state index contributed by atoms with van der Waals surface area (Å²) >= 11 is 0. The van der Waals surface area contributed by atoms with E-state index in [4.69, 9.17) is 0 Å². The lowest BCUT2D eigenvalue weighted by Gasteiger charge is -2.05. The first kappa shape index (κ1) is 23.3. The van der Waals surface area contributed by atoms with Gasteiger partial charge in [-0.05, 0) is 78.4 Å². The first-order chi connectivity index (χ1) is 16.7. The maximum Gasteiger partial charge on any atom is 0.146 e. The van der Waals surface area contributed by atoms with Crippen LogP contribution < -0.4 is 0 Å². The van der Waals surface area contributed by atoms with Crippen molar-refractivity contribution in [1.82, 2.24) is 0 Å². The zero-order chi connectivity index (χ0) is 23.8. The Bertz CT molecular complexity index is 1360. The topological polar surface area (TPSA) is 0 Å². The molecule has 0 aliphatic rings. The molecule has 0 fully saturated rings. The van der Waals surface area contributed by atoms with Gasteiger partial charge in [0, 0.05) is 10.9 Å². The molecule has 168 valence electrons. The van der Waals surface area contributed by atoms with Crippen molar-refractivity contribution in [1.29, 1.82) is 0 Å². The molecule has 1 heteroatoms. The zero-order valence-corrected chi connectivity index (χ0v) is 19.7. The Morgan fingerprint density at radius 3 is 2.15 bits per heavy atom. The SMILES string of the molecule is C=CCCc1ccc2c(F)c(C#Cc3ccc(-c4ccc(CC/C=C/C)cc4)cc3)ccc2c1. The molecule has 34 heavy (non-hydrogen) atoms. The highest BCUT2D eigenvalue weighted by atomic mass is 19.1. The number of benzene rings is 4. The summed E-state index contributed by atoms with van der Waals surface area (Å²) in [6.45, 7) is 5.82. The second-order valence-corrected chi connectivity index (χ2v) is 8.44. The van der Waals surface area contributed by atoms with Crippen LogP contribution in [0.15, 0.2) is 104 Å². The summed E-state index contributed by atoms with van der Waals surface area (Å²) < 4.78 is 15.0. The van der Waals surface area contributed by atoms with Crippen molar-refractivity contribution in [2.24, 2.45) is 0 Å². The van der Waals surface area contributed by atoms with Crippen molar-refractivity contribution in [2.45, 2.75) is 32.6 Å². The first-order valence-corrected chi connectivity index (χ1v) is 11.8. The second kappa shape index (κ2) is 11.3. The summed E-state index contributed by atoms with van der Waals surface area (Å²) in [6.07, 6.45) is 10.1. The van der Waals surface area contributed by atoms with E-state index in [0.29, 0.717) is 10.9 Å². The van der Waals surface area contributed by atoms with Gasteiger partial charge in [-0.1, -0.05) is 90.7 Å². The summed E-state index contributed by atoms with van der Waals surface area (Å²) in [5, 5.41) is 1.51. The van der Waals surface area contributed by atoms with E-state index < -0.39 is 0 Å². The smallest absolute Gasteiger partial charge is 0.146 e. The number of fused-ring (bicyclic) bond motifs is 1. The summed E-state index contributed by atoms with van der Waals surface area (Å²) in [7, 11) is 0. The normalized spacial score (nSPS) is 10.9. The van der Waals surface area contributed by atoms with Crippen LogP contribution >= 0.6 is 0 Å². The highest BCUT2D eigenvalue weighted by molar-refractivity contribution is 5.85. The third kappa shape index (κ3) is 5.72. The summed E-state index contributed by atoms with van der Waals surface area (Å²) in [4.78, 5) is 0. The number of hydrogen-bond acceptors (Lipinski definition) is 0. The van der Waals surface area contributed by atoms with Gasteiger partial charge in [-0.3, -0.25) is 0 Å². The van der Waals surface area contributed by atoms with Gasteiger partial charge in [0.15, 0.2) is 0 Å². The molecule has 0 aromatic heterocycles. The number of halogens is 1. The van der Waals surface area contributed by atoms with E-state index in [2.05, 4.69) is 73.9 Å². The summed E-state index contributed by atoms with van der Waals surface area (Å²) in [5.41, 5.74) is 6.15. The molecule has 0 unspecified atom stereocenters. The highest BCUT2D eigenvalue weighted by Gasteiger charge is 2.06. The maximum absolute atomic E-state index is 15.0.